The van der Waals surface area contributed by atoms with E-state index in [-0.39, 0.29) is 0 Å². The quantitative estimate of drug-likeness (QED) is 0.756. The van der Waals surface area contributed by atoms with Crippen molar-refractivity contribution in [3.8, 4) is 0 Å². The van der Waals surface area contributed by atoms with Crippen molar-refractivity contribution < 1.29 is 0 Å². The van der Waals surface area contributed by atoms with Crippen LogP contribution < -0.4 is 0 Å². The van der Waals surface area contributed by atoms with Crippen LogP contribution in [0.3, 0.4) is 0 Å². The molecule has 3 heteroatoms. The summed E-state index contributed by atoms with van der Waals surface area (Å²) < 4.78 is 0. The lowest BCUT2D eigenvalue weighted by Crippen LogP contribution is -2.24. The Morgan fingerprint density at radius 2 is 2.10 bits per heavy atom. The number of para-hydroxylation sites is 1. The van der Waals surface area contributed by atoms with Gasteiger partial charge in [0.05, 0.1) is 5.52 Å². The number of hydrogen-bond donors (Lipinski definition) is 0. The summed E-state index contributed by atoms with van der Waals surface area (Å²) in [7, 11) is 0. The van der Waals surface area contributed by atoms with Crippen molar-refractivity contribution in [1.82, 2.24) is 9.88 Å². The topological polar surface area (TPSA) is 16.1 Å². The molecule has 0 N–H and O–H groups in total. The number of hydrogen-bond acceptors (Lipinski definition) is 2. The van der Waals surface area contributed by atoms with Crippen molar-refractivity contribution in [2.45, 2.75) is 32.7 Å². The summed E-state index contributed by atoms with van der Waals surface area (Å²) in [6.07, 6.45) is 3.93. The van der Waals surface area contributed by atoms with E-state index in [0.717, 1.165) is 23.5 Å². The number of benzene rings is 1. The Bertz CT molecular complexity index is 597. The van der Waals surface area contributed by atoms with Crippen molar-refractivity contribution in [3.05, 3.63) is 41.0 Å². The van der Waals surface area contributed by atoms with Crippen molar-refractivity contribution in [2.24, 2.45) is 5.92 Å². The van der Waals surface area contributed by atoms with E-state index in [1.54, 1.807) is 0 Å². The van der Waals surface area contributed by atoms with Gasteiger partial charge in [-0.1, -0.05) is 36.7 Å². The van der Waals surface area contributed by atoms with E-state index in [4.69, 9.17) is 11.6 Å². The number of likely N-dealkylation sites (tertiary alicyclic amines) is 1. The van der Waals surface area contributed by atoms with Crippen LogP contribution >= 0.6 is 11.6 Å². The second kappa shape index (κ2) is 6.11. The van der Waals surface area contributed by atoms with Gasteiger partial charge in [-0.2, -0.15) is 0 Å². The second-order valence-corrected chi connectivity index (χ2v) is 6.30. The summed E-state index contributed by atoms with van der Waals surface area (Å²) in [6.45, 7) is 5.62. The molecule has 0 amide bonds. The van der Waals surface area contributed by atoms with E-state index in [2.05, 4.69) is 35.0 Å². The standard InChI is InChI=1S/C17H21ClN2/c1-13-5-4-9-20(10-8-13)12-15-11-14-6-2-3-7-16(14)19-17(15)18/h2-3,6-7,11,13H,4-5,8-10,12H2,1H3. The van der Waals surface area contributed by atoms with Crippen molar-refractivity contribution in [3.63, 3.8) is 0 Å². The summed E-state index contributed by atoms with van der Waals surface area (Å²) >= 11 is 6.35. The lowest BCUT2D eigenvalue weighted by Gasteiger charge is -2.20. The molecule has 20 heavy (non-hydrogen) atoms. The minimum absolute atomic E-state index is 0.654. The zero-order chi connectivity index (χ0) is 13.9. The molecule has 1 atom stereocenters. The number of rotatable bonds is 2. The number of pyridine rings is 1. The van der Waals surface area contributed by atoms with Crippen LogP contribution in [0, 0.1) is 5.92 Å². The molecule has 1 unspecified atom stereocenters. The van der Waals surface area contributed by atoms with Gasteiger partial charge in [0.15, 0.2) is 0 Å². The molecule has 3 rings (SSSR count). The maximum atomic E-state index is 6.35. The lowest BCUT2D eigenvalue weighted by atomic mass is 10.0. The van der Waals surface area contributed by atoms with E-state index in [1.807, 2.05) is 12.1 Å². The van der Waals surface area contributed by atoms with E-state index in [9.17, 15) is 0 Å². The van der Waals surface area contributed by atoms with E-state index in [0.29, 0.717) is 5.15 Å². The van der Waals surface area contributed by atoms with Gasteiger partial charge in [0.25, 0.3) is 0 Å². The highest BCUT2D eigenvalue weighted by molar-refractivity contribution is 6.30. The Labute approximate surface area is 125 Å². The molecule has 0 radical (unpaired) electrons. The van der Waals surface area contributed by atoms with Crippen LogP contribution in [0.2, 0.25) is 5.15 Å². The maximum absolute atomic E-state index is 6.35. The molecule has 2 aromatic rings. The zero-order valence-corrected chi connectivity index (χ0v) is 12.7. The van der Waals surface area contributed by atoms with Gasteiger partial charge < -0.3 is 0 Å². The summed E-state index contributed by atoms with van der Waals surface area (Å²) in [5.41, 5.74) is 2.13. The molecule has 2 nitrogen and oxygen atoms in total. The number of fused-ring (bicyclic) bond motifs is 1. The molecule has 0 saturated carbocycles. The largest absolute Gasteiger partial charge is 0.299 e. The van der Waals surface area contributed by atoms with Gasteiger partial charge in [-0.3, -0.25) is 4.90 Å². The molecule has 0 bridgehead atoms. The predicted octanol–water partition coefficient (Wildman–Crippen LogP) is 4.51. The summed E-state index contributed by atoms with van der Waals surface area (Å²) in [5.74, 6) is 0.852. The molecule has 2 heterocycles. The average molecular weight is 289 g/mol. The molecular weight excluding hydrogens is 268 g/mol. The Morgan fingerprint density at radius 1 is 1.25 bits per heavy atom. The molecule has 1 aliphatic rings. The molecule has 106 valence electrons. The Balaban J connectivity index is 1.81. The third kappa shape index (κ3) is 3.13. The SMILES string of the molecule is CC1CCCN(Cc2cc3ccccc3nc2Cl)CC1. The molecule has 1 aromatic carbocycles. The van der Waals surface area contributed by atoms with Crippen LogP contribution in [0.15, 0.2) is 30.3 Å². The third-order valence-corrected chi connectivity index (χ3v) is 4.58. The molecule has 0 spiro atoms. The smallest absolute Gasteiger partial charge is 0.134 e. The van der Waals surface area contributed by atoms with Gasteiger partial charge in [0, 0.05) is 17.5 Å². The molecule has 1 aliphatic heterocycles. The second-order valence-electron chi connectivity index (χ2n) is 5.94. The lowest BCUT2D eigenvalue weighted by molar-refractivity contribution is 0.273. The van der Waals surface area contributed by atoms with Gasteiger partial charge in [-0.05, 0) is 50.4 Å². The van der Waals surface area contributed by atoms with E-state index >= 15 is 0 Å². The van der Waals surface area contributed by atoms with Crippen molar-refractivity contribution >= 4 is 22.5 Å². The highest BCUT2D eigenvalue weighted by atomic mass is 35.5. The Kier molecular flexibility index (Phi) is 4.23. The normalized spacial score (nSPS) is 21.0. The highest BCUT2D eigenvalue weighted by Gasteiger charge is 2.15. The van der Waals surface area contributed by atoms with E-state index in [1.165, 1.54) is 37.7 Å². The summed E-state index contributed by atoms with van der Waals surface area (Å²) in [6, 6.07) is 10.4. The highest BCUT2D eigenvalue weighted by Crippen LogP contribution is 2.24. The molecule has 1 fully saturated rings. The fraction of sp³-hybridized carbons (Fsp3) is 0.471. The van der Waals surface area contributed by atoms with Crippen LogP contribution in [-0.4, -0.2) is 23.0 Å². The molecule has 1 saturated heterocycles. The summed E-state index contributed by atoms with van der Waals surface area (Å²) in [5, 5.41) is 1.83. The number of aromatic nitrogens is 1. The maximum Gasteiger partial charge on any atom is 0.134 e. The van der Waals surface area contributed by atoms with Gasteiger partial charge in [0.2, 0.25) is 0 Å². The first kappa shape index (κ1) is 13.8. The summed E-state index contributed by atoms with van der Waals surface area (Å²) in [4.78, 5) is 7.03. The van der Waals surface area contributed by atoms with Crippen LogP contribution in [0.1, 0.15) is 31.7 Å². The first-order valence-corrected chi connectivity index (χ1v) is 7.86. The van der Waals surface area contributed by atoms with Crippen LogP contribution in [-0.2, 0) is 6.54 Å². The van der Waals surface area contributed by atoms with Crippen LogP contribution in [0.25, 0.3) is 10.9 Å². The van der Waals surface area contributed by atoms with Crippen molar-refractivity contribution in [1.29, 1.82) is 0 Å². The molecule has 0 aliphatic carbocycles. The van der Waals surface area contributed by atoms with Gasteiger partial charge in [-0.25, -0.2) is 4.98 Å². The average Bonchev–Trinajstić information content (AvgIpc) is 2.65. The van der Waals surface area contributed by atoms with Gasteiger partial charge >= 0.3 is 0 Å². The fourth-order valence-electron chi connectivity index (χ4n) is 2.97. The third-order valence-electron chi connectivity index (χ3n) is 4.25. The van der Waals surface area contributed by atoms with E-state index < -0.39 is 0 Å². The monoisotopic (exact) mass is 288 g/mol. The molecule has 1 aromatic heterocycles. The number of halogens is 1. The first-order valence-electron chi connectivity index (χ1n) is 7.49. The predicted molar refractivity (Wildman–Crippen MR) is 85.0 cm³/mol. The van der Waals surface area contributed by atoms with Crippen LogP contribution in [0.4, 0.5) is 0 Å². The van der Waals surface area contributed by atoms with Gasteiger partial charge in [-0.15, -0.1) is 0 Å². The Hall–Kier alpha value is -1.12. The molecular formula is C17H21ClN2. The van der Waals surface area contributed by atoms with Crippen LogP contribution in [0.5, 0.6) is 0 Å². The van der Waals surface area contributed by atoms with Gasteiger partial charge in [0.1, 0.15) is 5.15 Å². The minimum atomic E-state index is 0.654. The fourth-order valence-corrected chi connectivity index (χ4v) is 3.17. The minimum Gasteiger partial charge on any atom is -0.299 e. The Morgan fingerprint density at radius 3 is 3.00 bits per heavy atom. The number of nitrogens with zero attached hydrogens (tertiary/aromatic N) is 2. The van der Waals surface area contributed by atoms with Crippen molar-refractivity contribution in [2.75, 3.05) is 13.1 Å². The first-order chi connectivity index (χ1) is 9.72. The zero-order valence-electron chi connectivity index (χ0n) is 12.0.